The highest BCUT2D eigenvalue weighted by molar-refractivity contribution is 6.05. The number of nitrogens with zero attached hydrogens (tertiary/aromatic N) is 1. The van der Waals surface area contributed by atoms with Gasteiger partial charge in [-0.15, -0.1) is 0 Å². The molecule has 0 saturated heterocycles. The van der Waals surface area contributed by atoms with Gasteiger partial charge < -0.3 is 9.88 Å². The summed E-state index contributed by atoms with van der Waals surface area (Å²) in [6, 6.07) is 9.76. The van der Waals surface area contributed by atoms with Crippen LogP contribution in [0.5, 0.6) is 0 Å². The average molecular weight is 256 g/mol. The molecule has 0 saturated carbocycles. The summed E-state index contributed by atoms with van der Waals surface area (Å²) >= 11 is 0. The van der Waals surface area contributed by atoms with Gasteiger partial charge in [-0.3, -0.25) is 4.79 Å². The Balaban J connectivity index is 2.29. The number of para-hydroxylation sites is 1. The fourth-order valence-corrected chi connectivity index (χ4v) is 2.42. The Bertz CT molecular complexity index is 611. The maximum atomic E-state index is 12.3. The van der Waals surface area contributed by atoms with E-state index in [1.54, 1.807) is 0 Å². The van der Waals surface area contributed by atoms with Gasteiger partial charge >= 0.3 is 0 Å². The topological polar surface area (TPSA) is 34.0 Å². The van der Waals surface area contributed by atoms with Crippen molar-refractivity contribution in [3.8, 4) is 0 Å². The van der Waals surface area contributed by atoms with Crippen molar-refractivity contribution in [2.24, 2.45) is 0 Å². The van der Waals surface area contributed by atoms with Gasteiger partial charge in [0, 0.05) is 23.6 Å². The molecule has 1 heterocycles. The quantitative estimate of drug-likeness (QED) is 0.893. The number of hydrogen-bond donors (Lipinski definition) is 1. The number of benzene rings is 1. The second-order valence-corrected chi connectivity index (χ2v) is 4.80. The third-order valence-corrected chi connectivity index (χ3v) is 3.53. The maximum Gasteiger partial charge on any atom is 0.257 e. The van der Waals surface area contributed by atoms with E-state index in [0.29, 0.717) is 0 Å². The number of aryl methyl sites for hydroxylation is 2. The van der Waals surface area contributed by atoms with Gasteiger partial charge in [-0.2, -0.15) is 0 Å². The van der Waals surface area contributed by atoms with Gasteiger partial charge in [0.05, 0.1) is 5.56 Å². The van der Waals surface area contributed by atoms with Crippen LogP contribution in [0.25, 0.3) is 0 Å². The lowest BCUT2D eigenvalue weighted by Gasteiger charge is -2.09. The van der Waals surface area contributed by atoms with Gasteiger partial charge in [0.2, 0.25) is 0 Å². The summed E-state index contributed by atoms with van der Waals surface area (Å²) in [6.45, 7) is 8.98. The van der Waals surface area contributed by atoms with Crippen molar-refractivity contribution in [3.05, 3.63) is 52.8 Å². The molecule has 0 radical (unpaired) electrons. The van der Waals surface area contributed by atoms with Crippen LogP contribution in [0.4, 0.5) is 5.69 Å². The van der Waals surface area contributed by atoms with Gasteiger partial charge in [-0.05, 0) is 45.4 Å². The first-order chi connectivity index (χ1) is 9.04. The molecule has 19 heavy (non-hydrogen) atoms. The monoisotopic (exact) mass is 256 g/mol. The molecule has 3 heteroatoms. The second kappa shape index (κ2) is 5.31. The van der Waals surface area contributed by atoms with E-state index in [2.05, 4.69) is 16.8 Å². The molecule has 0 aliphatic rings. The van der Waals surface area contributed by atoms with Crippen molar-refractivity contribution in [3.63, 3.8) is 0 Å². The number of rotatable bonds is 3. The fraction of sp³-hybridized carbons (Fsp3) is 0.312. The Morgan fingerprint density at radius 2 is 1.89 bits per heavy atom. The molecule has 0 unspecified atom stereocenters. The normalized spacial score (nSPS) is 10.5. The Labute approximate surface area is 114 Å². The summed E-state index contributed by atoms with van der Waals surface area (Å²) in [6.07, 6.45) is 0. The van der Waals surface area contributed by atoms with E-state index >= 15 is 0 Å². The summed E-state index contributed by atoms with van der Waals surface area (Å²) in [5.41, 5.74) is 4.83. The minimum atomic E-state index is -0.0397. The van der Waals surface area contributed by atoms with Crippen LogP contribution in [0.3, 0.4) is 0 Å². The summed E-state index contributed by atoms with van der Waals surface area (Å²) in [4.78, 5) is 12.3. The molecule has 1 amide bonds. The van der Waals surface area contributed by atoms with Crippen molar-refractivity contribution in [1.82, 2.24) is 4.57 Å². The Morgan fingerprint density at radius 1 is 1.21 bits per heavy atom. The van der Waals surface area contributed by atoms with Crippen molar-refractivity contribution in [2.75, 3.05) is 5.32 Å². The number of carbonyl (C=O) groups excluding carboxylic acids is 1. The summed E-state index contributed by atoms with van der Waals surface area (Å²) in [5, 5.41) is 2.98. The number of amides is 1. The predicted molar refractivity (Wildman–Crippen MR) is 78.7 cm³/mol. The van der Waals surface area contributed by atoms with Crippen LogP contribution in [0.1, 0.15) is 34.2 Å². The van der Waals surface area contributed by atoms with Crippen LogP contribution in [0.15, 0.2) is 30.3 Å². The van der Waals surface area contributed by atoms with E-state index in [9.17, 15) is 4.79 Å². The smallest absolute Gasteiger partial charge is 0.257 e. The first-order valence-electron chi connectivity index (χ1n) is 6.58. The first-order valence-corrected chi connectivity index (χ1v) is 6.58. The number of anilines is 1. The van der Waals surface area contributed by atoms with Crippen molar-refractivity contribution < 1.29 is 4.79 Å². The highest BCUT2D eigenvalue weighted by Gasteiger charge is 2.15. The zero-order chi connectivity index (χ0) is 14.0. The molecule has 0 spiro atoms. The molecule has 0 aliphatic carbocycles. The standard InChI is InChI=1S/C16H20N2O/c1-5-18-12(3)10-14(13(18)4)16(19)17-15-9-7-6-8-11(15)2/h6-10H,5H2,1-4H3,(H,17,19). The average Bonchev–Trinajstić information content (AvgIpc) is 2.67. The highest BCUT2D eigenvalue weighted by Crippen LogP contribution is 2.19. The molecule has 1 N–H and O–H groups in total. The molecule has 0 atom stereocenters. The lowest BCUT2D eigenvalue weighted by atomic mass is 10.2. The molecule has 1 aromatic carbocycles. The summed E-state index contributed by atoms with van der Waals surface area (Å²) < 4.78 is 2.15. The van der Waals surface area contributed by atoms with Gasteiger partial charge in [0.25, 0.3) is 5.91 Å². The minimum Gasteiger partial charge on any atom is -0.349 e. The van der Waals surface area contributed by atoms with Crippen LogP contribution in [-0.2, 0) is 6.54 Å². The van der Waals surface area contributed by atoms with Crippen LogP contribution in [0.2, 0.25) is 0 Å². The van der Waals surface area contributed by atoms with E-state index in [1.807, 2.05) is 51.1 Å². The lowest BCUT2D eigenvalue weighted by molar-refractivity contribution is 0.102. The van der Waals surface area contributed by atoms with Gasteiger partial charge in [0.15, 0.2) is 0 Å². The van der Waals surface area contributed by atoms with Crippen molar-refractivity contribution in [1.29, 1.82) is 0 Å². The zero-order valence-electron chi connectivity index (χ0n) is 11.9. The summed E-state index contributed by atoms with van der Waals surface area (Å²) in [7, 11) is 0. The van der Waals surface area contributed by atoms with Crippen LogP contribution in [-0.4, -0.2) is 10.5 Å². The van der Waals surface area contributed by atoms with E-state index in [0.717, 1.165) is 34.7 Å². The number of carbonyl (C=O) groups is 1. The molecule has 2 rings (SSSR count). The molecule has 3 nitrogen and oxygen atoms in total. The second-order valence-electron chi connectivity index (χ2n) is 4.80. The predicted octanol–water partition coefficient (Wildman–Crippen LogP) is 3.69. The van der Waals surface area contributed by atoms with E-state index in [-0.39, 0.29) is 5.91 Å². The van der Waals surface area contributed by atoms with Crippen molar-refractivity contribution in [2.45, 2.75) is 34.2 Å². The SMILES string of the molecule is CCn1c(C)cc(C(=O)Nc2ccccc2C)c1C. The molecule has 0 aliphatic heterocycles. The highest BCUT2D eigenvalue weighted by atomic mass is 16.1. The van der Waals surface area contributed by atoms with Crippen LogP contribution < -0.4 is 5.32 Å². The zero-order valence-corrected chi connectivity index (χ0v) is 11.9. The van der Waals surface area contributed by atoms with E-state index in [1.165, 1.54) is 0 Å². The molecule has 100 valence electrons. The maximum absolute atomic E-state index is 12.3. The lowest BCUT2D eigenvalue weighted by Crippen LogP contribution is -2.14. The van der Waals surface area contributed by atoms with Gasteiger partial charge in [0.1, 0.15) is 0 Å². The molecular weight excluding hydrogens is 236 g/mol. The third-order valence-electron chi connectivity index (χ3n) is 3.53. The molecule has 0 fully saturated rings. The van der Waals surface area contributed by atoms with Gasteiger partial charge in [-0.25, -0.2) is 0 Å². The fourth-order valence-electron chi connectivity index (χ4n) is 2.42. The number of nitrogens with one attached hydrogen (secondary N) is 1. The Morgan fingerprint density at radius 3 is 2.47 bits per heavy atom. The third kappa shape index (κ3) is 2.55. The van der Waals surface area contributed by atoms with E-state index < -0.39 is 0 Å². The Kier molecular flexibility index (Phi) is 3.74. The Hall–Kier alpha value is -2.03. The number of hydrogen-bond acceptors (Lipinski definition) is 1. The van der Waals surface area contributed by atoms with Crippen LogP contribution in [0, 0.1) is 20.8 Å². The van der Waals surface area contributed by atoms with Gasteiger partial charge in [-0.1, -0.05) is 18.2 Å². The molecule has 0 bridgehead atoms. The van der Waals surface area contributed by atoms with Crippen molar-refractivity contribution >= 4 is 11.6 Å². The molecular formula is C16H20N2O. The minimum absolute atomic E-state index is 0.0397. The first kappa shape index (κ1) is 13.4. The molecule has 2 aromatic rings. The number of aromatic nitrogens is 1. The summed E-state index contributed by atoms with van der Waals surface area (Å²) in [5.74, 6) is -0.0397. The largest absolute Gasteiger partial charge is 0.349 e. The molecule has 1 aromatic heterocycles. The van der Waals surface area contributed by atoms with E-state index in [4.69, 9.17) is 0 Å². The van der Waals surface area contributed by atoms with Crippen LogP contribution >= 0.6 is 0 Å².